The number of fused-ring (bicyclic) bond motifs is 1. The van der Waals surface area contributed by atoms with Gasteiger partial charge in [0.1, 0.15) is 34.3 Å². The van der Waals surface area contributed by atoms with Gasteiger partial charge in [-0.25, -0.2) is 18.7 Å². The average Bonchev–Trinajstić information content (AvgIpc) is 3.47. The highest BCUT2D eigenvalue weighted by Gasteiger charge is 2.59. The lowest BCUT2D eigenvalue weighted by molar-refractivity contribution is -0.282. The van der Waals surface area contributed by atoms with Crippen molar-refractivity contribution >= 4 is 22.8 Å². The lowest BCUT2D eigenvalue weighted by Crippen LogP contribution is -2.65. The number of benzene rings is 3. The van der Waals surface area contributed by atoms with Gasteiger partial charge in [-0.15, -0.1) is 0 Å². The molecule has 242 valence electrons. The molecule has 1 aliphatic rings. The quantitative estimate of drug-likeness (QED) is 0.190. The van der Waals surface area contributed by atoms with Gasteiger partial charge >= 0.3 is 0 Å². The number of halogens is 2. The maximum absolute atomic E-state index is 16.6. The Labute approximate surface area is 269 Å². The molecule has 1 fully saturated rings. The lowest BCUT2D eigenvalue weighted by atomic mass is 9.70. The number of nitrogens with zero attached hydrogens (tertiary/aromatic N) is 2. The van der Waals surface area contributed by atoms with Crippen LogP contribution in [0.25, 0.3) is 33.4 Å². The molecule has 2 heterocycles. The summed E-state index contributed by atoms with van der Waals surface area (Å²) >= 11 is 0. The predicted molar refractivity (Wildman–Crippen MR) is 169 cm³/mol. The number of hydrogen-bond donors (Lipinski definition) is 2. The number of amides is 2. The third-order valence-corrected chi connectivity index (χ3v) is 8.67. The van der Waals surface area contributed by atoms with Crippen LogP contribution in [0.3, 0.4) is 0 Å². The van der Waals surface area contributed by atoms with Crippen molar-refractivity contribution in [1.82, 2.24) is 20.6 Å². The third kappa shape index (κ3) is 5.38. The highest BCUT2D eigenvalue weighted by Crippen LogP contribution is 2.50. The first-order valence-corrected chi connectivity index (χ1v) is 14.7. The molecule has 0 unspecified atom stereocenters. The van der Waals surface area contributed by atoms with Crippen LogP contribution < -0.4 is 15.4 Å². The number of aryl methyl sites for hydroxylation is 1. The smallest absolute Gasteiger partial charge is 0.255 e. The van der Waals surface area contributed by atoms with E-state index in [1.54, 1.807) is 43.6 Å². The van der Waals surface area contributed by atoms with Gasteiger partial charge < -0.3 is 29.3 Å². The van der Waals surface area contributed by atoms with Crippen molar-refractivity contribution in [3.05, 3.63) is 101 Å². The van der Waals surface area contributed by atoms with E-state index >= 15 is 4.39 Å². The molecule has 5 aromatic rings. The maximum atomic E-state index is 16.6. The molecule has 2 amide bonds. The summed E-state index contributed by atoms with van der Waals surface area (Å²) in [7, 11) is 5.92. The van der Waals surface area contributed by atoms with Crippen molar-refractivity contribution in [2.45, 2.75) is 31.1 Å². The number of furan rings is 1. The molecule has 1 saturated carbocycles. The zero-order chi connectivity index (χ0) is 33.5. The Morgan fingerprint density at radius 3 is 2.21 bits per heavy atom. The first kappa shape index (κ1) is 31.8. The predicted octanol–water partition coefficient (Wildman–Crippen LogP) is 5.92. The number of ether oxygens (including phenoxy) is 3. The highest BCUT2D eigenvalue weighted by atomic mass is 19.1. The van der Waals surface area contributed by atoms with Gasteiger partial charge in [-0.3, -0.25) is 9.59 Å². The minimum atomic E-state index is -1.01. The molecule has 47 heavy (non-hydrogen) atoms. The van der Waals surface area contributed by atoms with Gasteiger partial charge in [0.25, 0.3) is 11.8 Å². The summed E-state index contributed by atoms with van der Waals surface area (Å²) < 4.78 is 53.0. The Kier molecular flexibility index (Phi) is 8.24. The molecule has 1 aliphatic carbocycles. The summed E-state index contributed by atoms with van der Waals surface area (Å²) in [5, 5.41) is 5.56. The van der Waals surface area contributed by atoms with Gasteiger partial charge in [0.05, 0.1) is 23.6 Å². The molecule has 6 rings (SSSR count). The number of carbonyl (C=O) groups excluding carboxylic acids is 2. The molecule has 12 heteroatoms. The average molecular weight is 643 g/mol. The van der Waals surface area contributed by atoms with Gasteiger partial charge in [0.2, 0.25) is 0 Å². The molecule has 2 aromatic heterocycles. The second-order valence-corrected chi connectivity index (χ2v) is 11.3. The first-order valence-electron chi connectivity index (χ1n) is 14.7. The molecule has 3 aromatic carbocycles. The van der Waals surface area contributed by atoms with E-state index in [1.807, 2.05) is 0 Å². The third-order valence-electron chi connectivity index (χ3n) is 8.67. The van der Waals surface area contributed by atoms with E-state index < -0.39 is 34.8 Å². The maximum Gasteiger partial charge on any atom is 0.255 e. The highest BCUT2D eigenvalue weighted by molar-refractivity contribution is 6.12. The van der Waals surface area contributed by atoms with E-state index in [1.165, 1.54) is 58.7 Å². The summed E-state index contributed by atoms with van der Waals surface area (Å²) in [4.78, 5) is 35.9. The monoisotopic (exact) mass is 642 g/mol. The molecule has 0 atom stereocenters. The van der Waals surface area contributed by atoms with Gasteiger partial charge in [-0.1, -0.05) is 0 Å². The Hall–Kier alpha value is -5.20. The zero-order valence-electron chi connectivity index (χ0n) is 26.4. The summed E-state index contributed by atoms with van der Waals surface area (Å²) in [5.41, 5.74) is 0.759. The van der Waals surface area contributed by atoms with Crippen LogP contribution in [-0.2, 0) is 15.0 Å². The minimum absolute atomic E-state index is 0.0351. The van der Waals surface area contributed by atoms with Crippen LogP contribution >= 0.6 is 0 Å². The van der Waals surface area contributed by atoms with Crippen LogP contribution in [0.4, 0.5) is 8.78 Å². The standard InChI is InChI=1S/C35H32F2N4O6/c1-19-15-26(44-3)24(31(42)41-34(33-39-13-6-14-40-33)17-35(18-34,45-4)46-5)16-23(19)22-11-12-25-27(29(22)37)28(32(43)38-2)30(47-25)20-7-9-21(36)10-8-20/h6-16H,17-18H2,1-5H3,(H,38,43)(H,41,42). The van der Waals surface area contributed by atoms with E-state index in [-0.39, 0.29) is 52.0 Å². The fourth-order valence-corrected chi connectivity index (χ4v) is 6.20. The van der Waals surface area contributed by atoms with Crippen LogP contribution in [-0.4, -0.2) is 55.9 Å². The van der Waals surface area contributed by atoms with Gasteiger partial charge in [0.15, 0.2) is 11.6 Å². The van der Waals surface area contributed by atoms with Crippen LogP contribution in [0.2, 0.25) is 0 Å². The number of carbonyl (C=O) groups is 2. The van der Waals surface area contributed by atoms with Gasteiger partial charge in [0, 0.05) is 57.6 Å². The van der Waals surface area contributed by atoms with Crippen LogP contribution in [0, 0.1) is 18.6 Å². The molecule has 2 N–H and O–H groups in total. The number of nitrogens with one attached hydrogen (secondary N) is 2. The Morgan fingerprint density at radius 1 is 0.915 bits per heavy atom. The number of aromatic nitrogens is 2. The second-order valence-electron chi connectivity index (χ2n) is 11.3. The Bertz CT molecular complexity index is 1980. The Balaban J connectivity index is 1.45. The van der Waals surface area contributed by atoms with Crippen molar-refractivity contribution in [2.75, 3.05) is 28.4 Å². The number of rotatable bonds is 9. The van der Waals surface area contributed by atoms with Crippen molar-refractivity contribution in [2.24, 2.45) is 0 Å². The van der Waals surface area contributed by atoms with Gasteiger partial charge in [-0.2, -0.15) is 0 Å². The van der Waals surface area contributed by atoms with Crippen molar-refractivity contribution < 1.29 is 37.0 Å². The largest absolute Gasteiger partial charge is 0.496 e. The van der Waals surface area contributed by atoms with Crippen LogP contribution in [0.1, 0.15) is 44.9 Å². The summed E-state index contributed by atoms with van der Waals surface area (Å²) in [6, 6.07) is 13.3. The summed E-state index contributed by atoms with van der Waals surface area (Å²) in [6.45, 7) is 1.76. The lowest BCUT2D eigenvalue weighted by Gasteiger charge is -2.53. The fraction of sp³-hybridized carbons (Fsp3) is 0.257. The van der Waals surface area contributed by atoms with Crippen molar-refractivity contribution in [1.29, 1.82) is 0 Å². The molecule has 0 aliphatic heterocycles. The van der Waals surface area contributed by atoms with Gasteiger partial charge in [-0.05, 0) is 72.6 Å². The molecule has 10 nitrogen and oxygen atoms in total. The molecule has 0 spiro atoms. The van der Waals surface area contributed by atoms with Crippen molar-refractivity contribution in [3.63, 3.8) is 0 Å². The molecule has 0 saturated heterocycles. The van der Waals surface area contributed by atoms with E-state index in [2.05, 4.69) is 20.6 Å². The van der Waals surface area contributed by atoms with E-state index in [4.69, 9.17) is 18.6 Å². The fourth-order valence-electron chi connectivity index (χ4n) is 6.20. The second kappa shape index (κ2) is 12.2. The SMILES string of the molecule is CNC(=O)c1c(-c2ccc(F)cc2)oc2ccc(-c3cc(C(=O)NC4(c5ncccn5)CC(OC)(OC)C4)c(OC)cc3C)c(F)c12. The molecular weight excluding hydrogens is 610 g/mol. The molecule has 0 bridgehead atoms. The molecule has 0 radical (unpaired) electrons. The summed E-state index contributed by atoms with van der Waals surface area (Å²) in [5.74, 6) is -2.46. The Morgan fingerprint density at radius 2 is 1.60 bits per heavy atom. The van der Waals surface area contributed by atoms with E-state index in [9.17, 15) is 14.0 Å². The van der Waals surface area contributed by atoms with E-state index in [0.29, 0.717) is 22.5 Å². The van der Waals surface area contributed by atoms with Crippen LogP contribution in [0.5, 0.6) is 5.75 Å². The topological polar surface area (TPSA) is 125 Å². The van der Waals surface area contributed by atoms with Crippen LogP contribution in [0.15, 0.2) is 71.4 Å². The van der Waals surface area contributed by atoms with Crippen molar-refractivity contribution in [3.8, 4) is 28.2 Å². The number of methoxy groups -OCH3 is 3. The normalized spacial score (nSPS) is 14.8. The number of hydrogen-bond acceptors (Lipinski definition) is 8. The zero-order valence-corrected chi connectivity index (χ0v) is 26.4. The molecular formula is C35H32F2N4O6. The minimum Gasteiger partial charge on any atom is -0.496 e. The van der Waals surface area contributed by atoms with E-state index in [0.717, 1.165) is 0 Å². The first-order chi connectivity index (χ1) is 22.6. The summed E-state index contributed by atoms with van der Waals surface area (Å²) in [6.07, 6.45) is 3.66.